The Morgan fingerprint density at radius 2 is 2.05 bits per heavy atom. The zero-order chi connectivity index (χ0) is 14.6. The molecule has 0 saturated carbocycles. The molecular weight excluding hydrogens is 310 g/mol. The van der Waals surface area contributed by atoms with E-state index in [0.717, 1.165) is 28.8 Å². The Morgan fingerprint density at radius 1 is 1.42 bits per heavy atom. The number of methoxy groups -OCH3 is 2. The maximum Gasteiger partial charge on any atom is 0.340 e. The van der Waals surface area contributed by atoms with Crippen molar-refractivity contribution in [2.75, 3.05) is 20.8 Å². The van der Waals surface area contributed by atoms with Crippen LogP contribution in [0.2, 0.25) is 0 Å². The molecule has 0 bridgehead atoms. The van der Waals surface area contributed by atoms with Crippen LogP contribution in [0.4, 0.5) is 0 Å². The van der Waals surface area contributed by atoms with Crippen LogP contribution >= 0.6 is 15.9 Å². The standard InChI is InChI=1S/C14H22BrNO3/c1-6-9(2)13-12(15)11(14(17)19-5)10(3)16(13)7-8-18-4/h9H,6-8H2,1-5H3. The summed E-state index contributed by atoms with van der Waals surface area (Å²) in [5.41, 5.74) is 2.68. The monoisotopic (exact) mass is 331 g/mol. The zero-order valence-electron chi connectivity index (χ0n) is 12.2. The molecule has 0 N–H and O–H groups in total. The van der Waals surface area contributed by atoms with Crippen molar-refractivity contribution in [1.82, 2.24) is 4.57 Å². The van der Waals surface area contributed by atoms with Gasteiger partial charge in [0.1, 0.15) is 0 Å². The van der Waals surface area contributed by atoms with Gasteiger partial charge < -0.3 is 14.0 Å². The van der Waals surface area contributed by atoms with Crippen molar-refractivity contribution in [3.63, 3.8) is 0 Å². The van der Waals surface area contributed by atoms with Crippen molar-refractivity contribution >= 4 is 21.9 Å². The molecule has 0 aliphatic carbocycles. The van der Waals surface area contributed by atoms with E-state index in [0.29, 0.717) is 18.1 Å². The predicted molar refractivity (Wildman–Crippen MR) is 78.8 cm³/mol. The second-order valence-electron chi connectivity index (χ2n) is 4.60. The van der Waals surface area contributed by atoms with Gasteiger partial charge in [-0.2, -0.15) is 0 Å². The molecule has 0 aliphatic rings. The van der Waals surface area contributed by atoms with Crippen LogP contribution in [0.3, 0.4) is 0 Å². The fourth-order valence-corrected chi connectivity index (χ4v) is 3.26. The smallest absolute Gasteiger partial charge is 0.340 e. The third-order valence-electron chi connectivity index (χ3n) is 3.49. The summed E-state index contributed by atoms with van der Waals surface area (Å²) in [6.07, 6.45) is 1.01. The first-order chi connectivity index (χ1) is 8.99. The Bertz CT molecular complexity index is 454. The van der Waals surface area contributed by atoms with Crippen LogP contribution in [0.15, 0.2) is 4.47 Å². The third kappa shape index (κ3) is 3.20. The van der Waals surface area contributed by atoms with Crippen molar-refractivity contribution in [3.8, 4) is 0 Å². The Labute approximate surface area is 123 Å². The molecule has 0 spiro atoms. The number of rotatable bonds is 6. The van der Waals surface area contributed by atoms with Gasteiger partial charge >= 0.3 is 5.97 Å². The molecule has 0 aliphatic heterocycles. The van der Waals surface area contributed by atoms with Crippen LogP contribution < -0.4 is 0 Å². The number of hydrogen-bond donors (Lipinski definition) is 0. The molecule has 1 aromatic heterocycles. The van der Waals surface area contributed by atoms with Crippen LogP contribution in [0, 0.1) is 6.92 Å². The van der Waals surface area contributed by atoms with Gasteiger partial charge in [-0.05, 0) is 35.2 Å². The van der Waals surface area contributed by atoms with Crippen molar-refractivity contribution in [1.29, 1.82) is 0 Å². The van der Waals surface area contributed by atoms with Crippen LogP contribution in [0.1, 0.15) is 47.9 Å². The average molecular weight is 332 g/mol. The van der Waals surface area contributed by atoms with Gasteiger partial charge in [-0.15, -0.1) is 0 Å². The largest absolute Gasteiger partial charge is 0.465 e. The van der Waals surface area contributed by atoms with E-state index in [1.807, 2.05) is 6.92 Å². The van der Waals surface area contributed by atoms with Crippen molar-refractivity contribution in [2.24, 2.45) is 0 Å². The highest BCUT2D eigenvalue weighted by Crippen LogP contribution is 2.35. The normalized spacial score (nSPS) is 12.5. The Balaban J connectivity index is 3.37. The number of aromatic nitrogens is 1. The number of hydrogen-bond acceptors (Lipinski definition) is 3. The number of carbonyl (C=O) groups is 1. The van der Waals surface area contributed by atoms with E-state index in [4.69, 9.17) is 9.47 Å². The van der Waals surface area contributed by atoms with E-state index in [-0.39, 0.29) is 5.97 Å². The molecule has 1 atom stereocenters. The summed E-state index contributed by atoms with van der Waals surface area (Å²) in [7, 11) is 3.08. The molecule has 1 unspecified atom stereocenters. The number of halogens is 1. The van der Waals surface area contributed by atoms with Crippen LogP contribution in [0.5, 0.6) is 0 Å². The Morgan fingerprint density at radius 3 is 2.53 bits per heavy atom. The van der Waals surface area contributed by atoms with Crippen LogP contribution in [0.25, 0.3) is 0 Å². The molecule has 1 rings (SSSR count). The van der Waals surface area contributed by atoms with Gasteiger partial charge in [-0.3, -0.25) is 0 Å². The topological polar surface area (TPSA) is 40.5 Å². The maximum absolute atomic E-state index is 11.9. The molecule has 1 aromatic rings. The molecule has 0 amide bonds. The number of esters is 1. The summed E-state index contributed by atoms with van der Waals surface area (Å²) >= 11 is 3.57. The fourth-order valence-electron chi connectivity index (χ4n) is 2.21. The Hall–Kier alpha value is -0.810. The number of carbonyl (C=O) groups excluding carboxylic acids is 1. The van der Waals surface area contributed by atoms with Gasteiger partial charge in [0.15, 0.2) is 0 Å². The van der Waals surface area contributed by atoms with E-state index < -0.39 is 0 Å². The van der Waals surface area contributed by atoms with Gasteiger partial charge in [-0.1, -0.05) is 13.8 Å². The Kier molecular flexibility index (Phi) is 6.07. The number of ether oxygens (including phenoxy) is 2. The lowest BCUT2D eigenvalue weighted by Crippen LogP contribution is -2.12. The van der Waals surface area contributed by atoms with Gasteiger partial charge in [0.05, 0.1) is 23.8 Å². The minimum absolute atomic E-state index is 0.301. The highest BCUT2D eigenvalue weighted by atomic mass is 79.9. The van der Waals surface area contributed by atoms with Gasteiger partial charge in [0.2, 0.25) is 0 Å². The lowest BCUT2D eigenvalue weighted by molar-refractivity contribution is 0.0598. The minimum Gasteiger partial charge on any atom is -0.465 e. The first-order valence-corrected chi connectivity index (χ1v) is 7.24. The summed E-state index contributed by atoms with van der Waals surface area (Å²) < 4.78 is 13.0. The molecule has 19 heavy (non-hydrogen) atoms. The molecule has 4 nitrogen and oxygen atoms in total. The van der Waals surface area contributed by atoms with E-state index in [1.54, 1.807) is 7.11 Å². The molecule has 0 fully saturated rings. The highest BCUT2D eigenvalue weighted by Gasteiger charge is 2.26. The first-order valence-electron chi connectivity index (χ1n) is 6.45. The molecule has 5 heteroatoms. The molecule has 0 radical (unpaired) electrons. The number of nitrogens with zero attached hydrogens (tertiary/aromatic N) is 1. The fraction of sp³-hybridized carbons (Fsp3) is 0.643. The van der Waals surface area contributed by atoms with Crippen LogP contribution in [-0.4, -0.2) is 31.4 Å². The third-order valence-corrected chi connectivity index (χ3v) is 4.29. The molecule has 0 saturated heterocycles. The second kappa shape index (κ2) is 7.10. The summed E-state index contributed by atoms with van der Waals surface area (Å²) in [5.74, 6) is 0.0634. The molecular formula is C14H22BrNO3. The van der Waals surface area contributed by atoms with Crippen molar-refractivity contribution in [3.05, 3.63) is 21.4 Å². The summed E-state index contributed by atoms with van der Waals surface area (Å²) in [5, 5.41) is 0. The predicted octanol–water partition coefficient (Wildman–Crippen LogP) is 3.51. The SMILES string of the molecule is CCC(C)c1c(Br)c(C(=O)OC)c(C)n1CCOC. The molecule has 1 heterocycles. The van der Waals surface area contributed by atoms with Crippen molar-refractivity contribution in [2.45, 2.75) is 39.7 Å². The summed E-state index contributed by atoms with van der Waals surface area (Å²) in [6, 6.07) is 0. The van der Waals surface area contributed by atoms with Crippen LogP contribution in [-0.2, 0) is 16.0 Å². The summed E-state index contributed by atoms with van der Waals surface area (Å²) in [6.45, 7) is 7.59. The quantitative estimate of drug-likeness (QED) is 0.749. The maximum atomic E-state index is 11.9. The van der Waals surface area contributed by atoms with Gasteiger partial charge in [0.25, 0.3) is 0 Å². The average Bonchev–Trinajstić information content (AvgIpc) is 2.65. The lowest BCUT2D eigenvalue weighted by Gasteiger charge is -2.16. The first kappa shape index (κ1) is 16.2. The second-order valence-corrected chi connectivity index (χ2v) is 5.40. The minimum atomic E-state index is -0.301. The molecule has 0 aromatic carbocycles. The lowest BCUT2D eigenvalue weighted by atomic mass is 10.0. The highest BCUT2D eigenvalue weighted by molar-refractivity contribution is 9.10. The molecule has 108 valence electrons. The van der Waals surface area contributed by atoms with E-state index in [2.05, 4.69) is 34.3 Å². The van der Waals surface area contributed by atoms with E-state index >= 15 is 0 Å². The van der Waals surface area contributed by atoms with E-state index in [1.165, 1.54) is 7.11 Å². The van der Waals surface area contributed by atoms with Gasteiger partial charge in [-0.25, -0.2) is 4.79 Å². The zero-order valence-corrected chi connectivity index (χ0v) is 13.8. The van der Waals surface area contributed by atoms with Crippen molar-refractivity contribution < 1.29 is 14.3 Å². The van der Waals surface area contributed by atoms with E-state index in [9.17, 15) is 4.79 Å². The summed E-state index contributed by atoms with van der Waals surface area (Å²) in [4.78, 5) is 11.9. The van der Waals surface area contributed by atoms with Gasteiger partial charge in [0, 0.05) is 25.0 Å².